The summed E-state index contributed by atoms with van der Waals surface area (Å²) in [6.07, 6.45) is -4.81. The van der Waals surface area contributed by atoms with E-state index in [-0.39, 0.29) is 47.2 Å². The van der Waals surface area contributed by atoms with Crippen molar-refractivity contribution in [3.63, 3.8) is 0 Å². The van der Waals surface area contributed by atoms with Crippen molar-refractivity contribution in [1.29, 1.82) is 0 Å². The third kappa shape index (κ3) is 6.46. The summed E-state index contributed by atoms with van der Waals surface area (Å²) >= 11 is 0. The van der Waals surface area contributed by atoms with Crippen LogP contribution < -0.4 is 15.4 Å². The van der Waals surface area contributed by atoms with Crippen molar-refractivity contribution in [2.45, 2.75) is 32.2 Å². The maximum Gasteiger partial charge on any atom is 0.416 e. The fourth-order valence-corrected chi connectivity index (χ4v) is 3.95. The fraction of sp³-hybridized carbons (Fsp3) is 0.440. The van der Waals surface area contributed by atoms with Crippen LogP contribution in [0.15, 0.2) is 42.5 Å². The van der Waals surface area contributed by atoms with Gasteiger partial charge in [-0.1, -0.05) is 13.0 Å². The number of ether oxygens (including phenoxy) is 1. The van der Waals surface area contributed by atoms with Crippen molar-refractivity contribution >= 4 is 23.3 Å². The van der Waals surface area contributed by atoms with Gasteiger partial charge in [-0.2, -0.15) is 13.2 Å². The molecule has 36 heavy (non-hydrogen) atoms. The molecule has 2 aromatic carbocycles. The number of anilines is 2. The summed E-state index contributed by atoms with van der Waals surface area (Å²) in [5.74, 6) is -0.236. The maximum atomic E-state index is 13.4. The van der Waals surface area contributed by atoms with E-state index in [1.54, 1.807) is 30.0 Å². The Labute approximate surface area is 208 Å². The first-order valence-electron chi connectivity index (χ1n) is 11.5. The Bertz CT molecular complexity index is 1080. The Morgan fingerprint density at radius 3 is 2.44 bits per heavy atom. The Morgan fingerprint density at radius 1 is 1.19 bits per heavy atom. The second kappa shape index (κ2) is 11.2. The molecule has 0 fully saturated rings. The zero-order valence-corrected chi connectivity index (χ0v) is 20.6. The zero-order valence-electron chi connectivity index (χ0n) is 20.6. The summed E-state index contributed by atoms with van der Waals surface area (Å²) in [4.78, 5) is 29.7. The predicted octanol–water partition coefficient (Wildman–Crippen LogP) is 4.13. The molecule has 11 heteroatoms. The first-order valence-corrected chi connectivity index (χ1v) is 11.5. The van der Waals surface area contributed by atoms with Gasteiger partial charge in [0.2, 0.25) is 0 Å². The smallest absolute Gasteiger partial charge is 0.416 e. The molecule has 0 saturated heterocycles. The van der Waals surface area contributed by atoms with E-state index < -0.39 is 23.8 Å². The van der Waals surface area contributed by atoms with Crippen LogP contribution in [0.3, 0.4) is 0 Å². The molecular weight excluding hydrogens is 477 g/mol. The number of carbonyl (C=O) groups is 2. The predicted molar refractivity (Wildman–Crippen MR) is 130 cm³/mol. The minimum atomic E-state index is -4.48. The lowest BCUT2D eigenvalue weighted by molar-refractivity contribution is -0.137. The molecule has 3 amide bonds. The number of halogens is 3. The Morgan fingerprint density at radius 2 is 1.86 bits per heavy atom. The second-order valence-corrected chi connectivity index (χ2v) is 9.22. The minimum Gasteiger partial charge on any atom is -0.486 e. The van der Waals surface area contributed by atoms with Gasteiger partial charge in [-0.3, -0.25) is 4.79 Å². The van der Waals surface area contributed by atoms with Gasteiger partial charge in [0.05, 0.1) is 29.5 Å². The largest absolute Gasteiger partial charge is 0.486 e. The van der Waals surface area contributed by atoms with Crippen molar-refractivity contribution in [1.82, 2.24) is 9.80 Å². The fourth-order valence-electron chi connectivity index (χ4n) is 3.95. The van der Waals surface area contributed by atoms with Crippen molar-refractivity contribution in [2.75, 3.05) is 44.4 Å². The van der Waals surface area contributed by atoms with Crippen molar-refractivity contribution in [3.8, 4) is 5.75 Å². The Hall–Kier alpha value is -3.31. The second-order valence-electron chi connectivity index (χ2n) is 9.22. The van der Waals surface area contributed by atoms with Gasteiger partial charge in [-0.15, -0.1) is 0 Å². The molecular formula is C25H31F3N4O4. The van der Waals surface area contributed by atoms with Gasteiger partial charge in [-0.25, -0.2) is 4.79 Å². The minimum absolute atomic E-state index is 0.0903. The molecule has 3 atom stereocenters. The molecule has 2 aromatic rings. The number of aliphatic hydroxyl groups is 1. The number of alkyl halides is 3. The SMILES string of the molecule is C[C@H]1CN([C@@H](C)CO)C(=O)c2cccc(NC(=O)Nc3ccc(C(F)(F)F)cc3)c2O[C@H]1CN(C)C. The van der Waals surface area contributed by atoms with Gasteiger partial charge in [0.15, 0.2) is 5.75 Å². The van der Waals surface area contributed by atoms with E-state index in [1.807, 2.05) is 25.9 Å². The number of likely N-dealkylation sites (N-methyl/N-ethyl adjacent to an activating group) is 1. The third-order valence-electron chi connectivity index (χ3n) is 5.95. The van der Waals surface area contributed by atoms with Crippen LogP contribution in [-0.4, -0.2) is 72.8 Å². The van der Waals surface area contributed by atoms with Crippen molar-refractivity contribution < 1.29 is 32.6 Å². The number of nitrogens with zero attached hydrogens (tertiary/aromatic N) is 2. The molecule has 1 aliphatic heterocycles. The molecule has 0 unspecified atom stereocenters. The average molecular weight is 509 g/mol. The summed E-state index contributed by atoms with van der Waals surface area (Å²) in [5, 5.41) is 14.9. The van der Waals surface area contributed by atoms with Gasteiger partial charge >= 0.3 is 12.2 Å². The number of rotatable bonds is 6. The van der Waals surface area contributed by atoms with Crippen LogP contribution in [0.1, 0.15) is 29.8 Å². The highest BCUT2D eigenvalue weighted by Crippen LogP contribution is 2.35. The summed E-state index contributed by atoms with van der Waals surface area (Å²) in [6.45, 7) is 4.43. The van der Waals surface area contributed by atoms with Crippen LogP contribution in [0.5, 0.6) is 5.75 Å². The number of benzene rings is 2. The van der Waals surface area contributed by atoms with E-state index in [0.717, 1.165) is 24.3 Å². The normalized spacial score (nSPS) is 19.1. The van der Waals surface area contributed by atoms with Crippen molar-refractivity contribution in [2.24, 2.45) is 5.92 Å². The van der Waals surface area contributed by atoms with Crippen LogP contribution >= 0.6 is 0 Å². The highest BCUT2D eigenvalue weighted by Gasteiger charge is 2.34. The van der Waals surface area contributed by atoms with E-state index in [2.05, 4.69) is 10.6 Å². The lowest BCUT2D eigenvalue weighted by Crippen LogP contribution is -2.49. The van der Waals surface area contributed by atoms with Crippen LogP contribution in [0, 0.1) is 5.92 Å². The molecule has 0 aliphatic carbocycles. The Balaban J connectivity index is 1.91. The quantitative estimate of drug-likeness (QED) is 0.546. The maximum absolute atomic E-state index is 13.4. The van der Waals surface area contributed by atoms with E-state index in [0.29, 0.717) is 13.1 Å². The number of hydrogen-bond acceptors (Lipinski definition) is 5. The first kappa shape index (κ1) is 27.3. The van der Waals surface area contributed by atoms with Gasteiger partial charge in [0, 0.05) is 24.7 Å². The van der Waals surface area contributed by atoms with Crippen LogP contribution in [-0.2, 0) is 6.18 Å². The standard InChI is InChI=1S/C25H31F3N4O4/c1-15-12-32(16(2)14-33)23(34)19-6-5-7-20(22(19)36-21(15)13-31(3)4)30-24(35)29-18-10-8-17(9-11-18)25(26,27)28/h5-11,15-16,21,33H,12-14H2,1-4H3,(H2,29,30,35)/t15-,16-,21-/m0/s1. The summed E-state index contributed by atoms with van der Waals surface area (Å²) in [5.41, 5.74) is -0.191. The molecule has 0 aromatic heterocycles. The third-order valence-corrected chi connectivity index (χ3v) is 5.95. The van der Waals surface area contributed by atoms with Crippen molar-refractivity contribution in [3.05, 3.63) is 53.6 Å². The van der Waals surface area contributed by atoms with E-state index in [1.165, 1.54) is 0 Å². The van der Waals surface area contributed by atoms with E-state index in [9.17, 15) is 27.9 Å². The molecule has 0 bridgehead atoms. The summed E-state index contributed by atoms with van der Waals surface area (Å²) in [7, 11) is 3.80. The van der Waals surface area contributed by atoms with Crippen LogP contribution in [0.4, 0.5) is 29.3 Å². The van der Waals surface area contributed by atoms with Gasteiger partial charge in [0.1, 0.15) is 6.10 Å². The highest BCUT2D eigenvalue weighted by molar-refractivity contribution is 6.04. The van der Waals surface area contributed by atoms with Gasteiger partial charge in [0.25, 0.3) is 5.91 Å². The number of amides is 3. The van der Waals surface area contributed by atoms with E-state index >= 15 is 0 Å². The first-order chi connectivity index (χ1) is 16.9. The highest BCUT2D eigenvalue weighted by atomic mass is 19.4. The Kier molecular flexibility index (Phi) is 8.47. The van der Waals surface area contributed by atoms with Crippen LogP contribution in [0.25, 0.3) is 0 Å². The molecule has 3 N–H and O–H groups in total. The molecule has 1 heterocycles. The monoisotopic (exact) mass is 508 g/mol. The lowest BCUT2D eigenvalue weighted by atomic mass is 9.99. The molecule has 0 spiro atoms. The lowest BCUT2D eigenvalue weighted by Gasteiger charge is -2.38. The molecule has 3 rings (SSSR count). The number of para-hydroxylation sites is 1. The van der Waals surface area contributed by atoms with E-state index in [4.69, 9.17) is 4.74 Å². The topological polar surface area (TPSA) is 94.1 Å². The van der Waals surface area contributed by atoms with Gasteiger partial charge < -0.3 is 30.3 Å². The molecule has 196 valence electrons. The van der Waals surface area contributed by atoms with Crippen LogP contribution in [0.2, 0.25) is 0 Å². The zero-order chi connectivity index (χ0) is 26.6. The van der Waals surface area contributed by atoms with Gasteiger partial charge in [-0.05, 0) is 57.4 Å². The molecule has 0 saturated carbocycles. The number of nitrogens with one attached hydrogen (secondary N) is 2. The summed E-state index contributed by atoms with van der Waals surface area (Å²) in [6, 6.07) is 7.70. The molecule has 0 radical (unpaired) electrons. The molecule has 8 nitrogen and oxygen atoms in total. The number of aliphatic hydroxyl groups excluding tert-OH is 1. The number of urea groups is 1. The summed E-state index contributed by atoms with van der Waals surface area (Å²) < 4.78 is 44.7. The average Bonchev–Trinajstić information content (AvgIpc) is 2.80. The number of hydrogen-bond donors (Lipinski definition) is 3. The number of fused-ring (bicyclic) bond motifs is 1. The molecule has 1 aliphatic rings. The number of carbonyl (C=O) groups excluding carboxylic acids is 2.